The summed E-state index contributed by atoms with van der Waals surface area (Å²) in [5.74, 6) is -1.21. The molecule has 0 aliphatic heterocycles. The second-order valence-electron chi connectivity index (χ2n) is 15.0. The van der Waals surface area contributed by atoms with E-state index in [0.717, 1.165) is 20.9 Å². The lowest BCUT2D eigenvalue weighted by Gasteiger charge is -2.13. The van der Waals surface area contributed by atoms with Gasteiger partial charge in [-0.3, -0.25) is 19.2 Å². The molecule has 0 saturated carbocycles. The van der Waals surface area contributed by atoms with E-state index in [9.17, 15) is 29.7 Å². The standard InChI is InChI=1S/2C27H16N2O2S/c2*1-16-11-13-18(14-12-16)32-27-21(15-28)22-19-9-5-6-10-20(19)26(31)23(22)24(29-27)25(30)17-7-3-2-4-8-17/h2*2-14H,1H3. The van der Waals surface area contributed by atoms with Crippen LogP contribution in [0.25, 0.3) is 22.3 Å². The van der Waals surface area contributed by atoms with E-state index in [1.165, 1.54) is 23.5 Å². The van der Waals surface area contributed by atoms with Gasteiger partial charge in [0, 0.05) is 43.2 Å². The predicted octanol–water partition coefficient (Wildman–Crippen LogP) is 11.7. The predicted molar refractivity (Wildman–Crippen MR) is 246 cm³/mol. The molecule has 0 N–H and O–H groups in total. The normalized spacial score (nSPS) is 11.6. The van der Waals surface area contributed by atoms with Crippen molar-refractivity contribution in [3.05, 3.63) is 225 Å². The number of hydrogen-bond donors (Lipinski definition) is 0. The summed E-state index contributed by atoms with van der Waals surface area (Å²) in [5, 5.41) is 21.0. The first-order valence-corrected chi connectivity index (χ1v) is 21.7. The van der Waals surface area contributed by atoms with E-state index in [2.05, 4.69) is 22.1 Å². The average Bonchev–Trinajstić information content (AvgIpc) is 3.80. The van der Waals surface area contributed by atoms with Gasteiger partial charge in [-0.25, -0.2) is 9.97 Å². The van der Waals surface area contributed by atoms with Crippen molar-refractivity contribution < 1.29 is 19.2 Å². The number of nitrogens with zero attached hydrogens (tertiary/aromatic N) is 4. The molecule has 2 aromatic heterocycles. The highest BCUT2D eigenvalue weighted by Crippen LogP contribution is 2.46. The third-order valence-corrected chi connectivity index (χ3v) is 12.9. The quantitative estimate of drug-likeness (QED) is 0.135. The molecule has 0 bridgehead atoms. The highest BCUT2D eigenvalue weighted by atomic mass is 32.2. The number of aryl methyl sites for hydroxylation is 2. The molecule has 304 valence electrons. The van der Waals surface area contributed by atoms with E-state index in [1.54, 1.807) is 72.8 Å². The molecule has 0 unspecified atom stereocenters. The zero-order valence-electron chi connectivity index (χ0n) is 34.2. The van der Waals surface area contributed by atoms with Crippen molar-refractivity contribution in [2.24, 2.45) is 0 Å². The molecule has 64 heavy (non-hydrogen) atoms. The fourth-order valence-corrected chi connectivity index (χ4v) is 9.51. The maximum atomic E-state index is 13.4. The number of rotatable bonds is 8. The molecule has 0 radical (unpaired) electrons. The Morgan fingerprint density at radius 3 is 1.11 bits per heavy atom. The van der Waals surface area contributed by atoms with Gasteiger partial charge in [-0.15, -0.1) is 0 Å². The smallest absolute Gasteiger partial charge is 0.212 e. The Kier molecular flexibility index (Phi) is 11.2. The monoisotopic (exact) mass is 864 g/mol. The van der Waals surface area contributed by atoms with Gasteiger partial charge in [0.2, 0.25) is 11.6 Å². The second-order valence-corrected chi connectivity index (χ2v) is 17.1. The third kappa shape index (κ3) is 7.52. The molecule has 10 heteroatoms. The Morgan fingerprint density at radius 2 is 0.766 bits per heavy atom. The SMILES string of the molecule is Cc1ccc(Sc2nc(C(=O)c3ccccc3)c3c(c2C#N)-c2ccccc2C3=O)cc1.Cc1ccc(Sc2nc(C(=O)c3ccccc3)c3c(c2C#N)-c2ccccc2C3=O)cc1. The Hall–Kier alpha value is -8.02. The minimum Gasteiger partial charge on any atom is -0.288 e. The number of ketones is 4. The van der Waals surface area contributed by atoms with Crippen molar-refractivity contribution in [2.75, 3.05) is 0 Å². The fraction of sp³-hybridized carbons (Fsp3) is 0.0370. The van der Waals surface area contributed by atoms with Crippen LogP contribution in [0.3, 0.4) is 0 Å². The Balaban J connectivity index is 0.000000162. The minimum atomic E-state index is -0.335. The molecule has 0 amide bonds. The van der Waals surface area contributed by atoms with Gasteiger partial charge in [0.15, 0.2) is 11.6 Å². The molecule has 2 heterocycles. The first-order chi connectivity index (χ1) is 31.2. The van der Waals surface area contributed by atoms with Gasteiger partial charge in [-0.05, 0) is 49.2 Å². The van der Waals surface area contributed by atoms with Crippen molar-refractivity contribution in [3.63, 3.8) is 0 Å². The summed E-state index contributed by atoms with van der Waals surface area (Å²) in [6.07, 6.45) is 0. The molecule has 2 aliphatic carbocycles. The largest absolute Gasteiger partial charge is 0.288 e. The molecule has 0 atom stereocenters. The number of fused-ring (bicyclic) bond motifs is 6. The van der Waals surface area contributed by atoms with Gasteiger partial charge in [-0.1, -0.05) is 168 Å². The van der Waals surface area contributed by atoms with E-state index in [4.69, 9.17) is 0 Å². The van der Waals surface area contributed by atoms with E-state index < -0.39 is 0 Å². The summed E-state index contributed by atoms with van der Waals surface area (Å²) < 4.78 is 0. The number of nitriles is 2. The Labute approximate surface area is 377 Å². The number of hydrogen-bond acceptors (Lipinski definition) is 10. The van der Waals surface area contributed by atoms with Crippen LogP contribution in [0.15, 0.2) is 178 Å². The highest BCUT2D eigenvalue weighted by molar-refractivity contribution is 7.99. The van der Waals surface area contributed by atoms with Crippen LogP contribution in [0.1, 0.15) is 86.2 Å². The first-order valence-electron chi connectivity index (χ1n) is 20.1. The summed E-state index contributed by atoms with van der Waals surface area (Å²) >= 11 is 2.64. The zero-order chi connectivity index (χ0) is 44.5. The van der Waals surface area contributed by atoms with Crippen LogP contribution in [0.2, 0.25) is 0 Å². The van der Waals surface area contributed by atoms with Gasteiger partial charge in [0.1, 0.15) is 33.6 Å². The van der Waals surface area contributed by atoms with Gasteiger partial charge in [0.25, 0.3) is 0 Å². The van der Waals surface area contributed by atoms with E-state index >= 15 is 0 Å². The van der Waals surface area contributed by atoms with Crippen molar-refractivity contribution in [2.45, 2.75) is 33.7 Å². The van der Waals surface area contributed by atoms with E-state index in [1.807, 2.05) is 98.8 Å². The van der Waals surface area contributed by atoms with Crippen LogP contribution in [0.5, 0.6) is 0 Å². The molecule has 2 aliphatic rings. The topological polar surface area (TPSA) is 142 Å². The average molecular weight is 865 g/mol. The molecule has 0 fully saturated rings. The van der Waals surface area contributed by atoms with Gasteiger partial charge >= 0.3 is 0 Å². The van der Waals surface area contributed by atoms with Crippen LogP contribution < -0.4 is 0 Å². The van der Waals surface area contributed by atoms with Gasteiger partial charge in [0.05, 0.1) is 22.3 Å². The highest BCUT2D eigenvalue weighted by Gasteiger charge is 2.38. The van der Waals surface area contributed by atoms with Crippen molar-refractivity contribution in [1.29, 1.82) is 10.5 Å². The number of carbonyl (C=O) groups is 4. The lowest BCUT2D eigenvalue weighted by molar-refractivity contribution is 0.100. The minimum absolute atomic E-state index is 0.0843. The van der Waals surface area contributed by atoms with Crippen molar-refractivity contribution in [1.82, 2.24) is 9.97 Å². The number of pyridine rings is 2. The summed E-state index contributed by atoms with van der Waals surface area (Å²) in [7, 11) is 0. The van der Waals surface area contributed by atoms with E-state index in [-0.39, 0.29) is 45.6 Å². The number of carbonyl (C=O) groups excluding carboxylic acids is 4. The van der Waals surface area contributed by atoms with Crippen LogP contribution in [0.4, 0.5) is 0 Å². The molecular formula is C54H32N4O4S2. The Bertz CT molecular complexity index is 3090. The van der Waals surface area contributed by atoms with Crippen LogP contribution in [-0.2, 0) is 0 Å². The summed E-state index contributed by atoms with van der Waals surface area (Å²) in [4.78, 5) is 64.5. The Morgan fingerprint density at radius 1 is 0.438 bits per heavy atom. The molecule has 8 aromatic rings. The lowest BCUT2D eigenvalue weighted by atomic mass is 9.97. The van der Waals surface area contributed by atoms with Gasteiger partial charge in [-0.2, -0.15) is 10.5 Å². The maximum Gasteiger partial charge on any atom is 0.212 e. The number of aromatic nitrogens is 2. The molecule has 10 rings (SSSR count). The van der Waals surface area contributed by atoms with Crippen molar-refractivity contribution >= 4 is 46.7 Å². The third-order valence-electron chi connectivity index (χ3n) is 10.9. The molecule has 8 nitrogen and oxygen atoms in total. The summed E-state index contributed by atoms with van der Waals surface area (Å²) in [6, 6.07) is 52.1. The van der Waals surface area contributed by atoms with Crippen LogP contribution >= 0.6 is 23.5 Å². The summed E-state index contributed by atoms with van der Waals surface area (Å²) in [6.45, 7) is 4.00. The molecular weight excluding hydrogens is 833 g/mol. The summed E-state index contributed by atoms with van der Waals surface area (Å²) in [5.41, 5.74) is 7.66. The van der Waals surface area contributed by atoms with E-state index in [0.29, 0.717) is 65.7 Å². The molecule has 0 saturated heterocycles. The first kappa shape index (κ1) is 41.3. The molecule has 0 spiro atoms. The lowest BCUT2D eigenvalue weighted by Crippen LogP contribution is -2.13. The molecule has 6 aromatic carbocycles. The maximum absolute atomic E-state index is 13.4. The van der Waals surface area contributed by atoms with Crippen molar-refractivity contribution in [3.8, 4) is 34.4 Å². The van der Waals surface area contributed by atoms with Crippen LogP contribution in [0, 0.1) is 36.5 Å². The fourth-order valence-electron chi connectivity index (χ4n) is 7.75. The zero-order valence-corrected chi connectivity index (χ0v) is 35.9. The number of benzene rings is 6. The van der Waals surface area contributed by atoms with Crippen LogP contribution in [-0.4, -0.2) is 33.1 Å². The van der Waals surface area contributed by atoms with Gasteiger partial charge < -0.3 is 0 Å². The second kappa shape index (κ2) is 17.4.